The average Bonchev–Trinajstić information content (AvgIpc) is 2.97. The molecule has 1 heterocycles. The molecule has 2 aromatic carbocycles. The summed E-state index contributed by atoms with van der Waals surface area (Å²) in [4.78, 5) is 38.0. The summed E-state index contributed by atoms with van der Waals surface area (Å²) < 4.78 is 19.5. The van der Waals surface area contributed by atoms with E-state index in [2.05, 4.69) is 5.32 Å². The lowest BCUT2D eigenvalue weighted by Gasteiger charge is -2.29. The maximum absolute atomic E-state index is 14.1. The molecule has 0 aromatic heterocycles. The molecule has 29 heavy (non-hydrogen) atoms. The van der Waals surface area contributed by atoms with E-state index in [1.807, 2.05) is 0 Å². The molecule has 0 aliphatic carbocycles. The van der Waals surface area contributed by atoms with Crippen LogP contribution in [-0.2, 0) is 15.1 Å². The van der Waals surface area contributed by atoms with Crippen molar-refractivity contribution in [3.63, 3.8) is 0 Å². The van der Waals surface area contributed by atoms with Crippen molar-refractivity contribution in [3.8, 4) is 0 Å². The number of methoxy groups -OCH3 is 1. The Hall–Kier alpha value is -3.06. The minimum Gasteiger partial charge on any atom is -0.372 e. The van der Waals surface area contributed by atoms with Crippen LogP contribution in [0.25, 0.3) is 0 Å². The van der Waals surface area contributed by atoms with Gasteiger partial charge in [0.15, 0.2) is 0 Å². The lowest BCUT2D eigenvalue weighted by Crippen LogP contribution is -2.41. The molecule has 0 saturated carbocycles. The van der Waals surface area contributed by atoms with E-state index in [4.69, 9.17) is 4.74 Å². The van der Waals surface area contributed by atoms with Crippen molar-refractivity contribution in [1.29, 1.82) is 0 Å². The molecule has 2 aromatic rings. The number of fused-ring (bicyclic) bond motifs is 1. The van der Waals surface area contributed by atoms with Gasteiger partial charge in [-0.05, 0) is 31.5 Å². The van der Waals surface area contributed by atoms with Gasteiger partial charge in [0.25, 0.3) is 11.8 Å². The van der Waals surface area contributed by atoms with Gasteiger partial charge in [-0.3, -0.25) is 19.3 Å². The SMILES string of the molecule is COC(C)(CNC(=O)CCCN1C(=O)c2ccccc2C1=O)c1ccccc1F. The Balaban J connectivity index is 1.51. The van der Waals surface area contributed by atoms with Crippen molar-refractivity contribution >= 4 is 17.7 Å². The second kappa shape index (κ2) is 8.53. The molecule has 1 aliphatic heterocycles. The van der Waals surface area contributed by atoms with Crippen molar-refractivity contribution < 1.29 is 23.5 Å². The lowest BCUT2D eigenvalue weighted by atomic mass is 9.95. The molecule has 1 N–H and O–H groups in total. The molecule has 3 rings (SSSR count). The van der Waals surface area contributed by atoms with Crippen LogP contribution < -0.4 is 5.32 Å². The molecular formula is C22H23FN2O4. The van der Waals surface area contributed by atoms with E-state index in [0.717, 1.165) is 4.90 Å². The molecule has 3 amide bonds. The number of rotatable bonds is 8. The van der Waals surface area contributed by atoms with Crippen LogP contribution in [0.15, 0.2) is 48.5 Å². The predicted molar refractivity (Wildman–Crippen MR) is 105 cm³/mol. The van der Waals surface area contributed by atoms with Gasteiger partial charge in [-0.2, -0.15) is 0 Å². The molecule has 1 unspecified atom stereocenters. The number of halogens is 1. The summed E-state index contributed by atoms with van der Waals surface area (Å²) in [6.07, 6.45) is 0.463. The molecule has 0 saturated heterocycles. The van der Waals surface area contributed by atoms with Crippen molar-refractivity contribution in [1.82, 2.24) is 10.2 Å². The Labute approximate surface area is 168 Å². The Bertz CT molecular complexity index is 911. The fourth-order valence-electron chi connectivity index (χ4n) is 3.36. The highest BCUT2D eigenvalue weighted by atomic mass is 19.1. The van der Waals surface area contributed by atoms with E-state index in [1.165, 1.54) is 13.2 Å². The number of hydrogen-bond donors (Lipinski definition) is 1. The summed E-state index contributed by atoms with van der Waals surface area (Å²) in [5.41, 5.74) is 0.128. The van der Waals surface area contributed by atoms with Crippen LogP contribution in [0, 0.1) is 5.82 Å². The number of hydrogen-bond acceptors (Lipinski definition) is 4. The second-order valence-corrected chi connectivity index (χ2v) is 7.10. The summed E-state index contributed by atoms with van der Waals surface area (Å²) >= 11 is 0. The van der Waals surface area contributed by atoms with Gasteiger partial charge in [-0.25, -0.2) is 4.39 Å². The van der Waals surface area contributed by atoms with Gasteiger partial charge in [-0.1, -0.05) is 30.3 Å². The van der Waals surface area contributed by atoms with Crippen LogP contribution in [-0.4, -0.2) is 42.8 Å². The summed E-state index contributed by atoms with van der Waals surface area (Å²) in [5.74, 6) is -1.34. The first-order valence-corrected chi connectivity index (χ1v) is 9.39. The molecular weight excluding hydrogens is 375 g/mol. The largest absolute Gasteiger partial charge is 0.372 e. The highest BCUT2D eigenvalue weighted by Gasteiger charge is 2.34. The van der Waals surface area contributed by atoms with Gasteiger partial charge < -0.3 is 10.1 Å². The minimum atomic E-state index is -1.01. The maximum atomic E-state index is 14.1. The monoisotopic (exact) mass is 398 g/mol. The molecule has 0 fully saturated rings. The zero-order chi connectivity index (χ0) is 21.0. The number of imide groups is 1. The molecule has 1 aliphatic rings. The number of nitrogens with zero attached hydrogens (tertiary/aromatic N) is 1. The standard InChI is InChI=1S/C22H23FN2O4/c1-22(29-2,17-10-5-6-11-18(17)23)14-24-19(26)12-7-13-25-20(27)15-8-3-4-9-16(15)21(25)28/h3-6,8-11H,7,12-14H2,1-2H3,(H,24,26). The van der Waals surface area contributed by atoms with Gasteiger partial charge in [0.1, 0.15) is 11.4 Å². The molecule has 0 spiro atoms. The van der Waals surface area contributed by atoms with Gasteiger partial charge >= 0.3 is 0 Å². The smallest absolute Gasteiger partial charge is 0.261 e. The average molecular weight is 398 g/mol. The first kappa shape index (κ1) is 20.7. The minimum absolute atomic E-state index is 0.0935. The quantitative estimate of drug-likeness (QED) is 0.694. The second-order valence-electron chi connectivity index (χ2n) is 7.10. The molecule has 7 heteroatoms. The number of carbonyl (C=O) groups is 3. The number of ether oxygens (including phenoxy) is 1. The third-order valence-electron chi connectivity index (χ3n) is 5.18. The number of carbonyl (C=O) groups excluding carboxylic acids is 3. The summed E-state index contributed by atoms with van der Waals surface area (Å²) in [7, 11) is 1.46. The Morgan fingerprint density at radius 1 is 1.07 bits per heavy atom. The topological polar surface area (TPSA) is 75.7 Å². The number of nitrogens with one attached hydrogen (secondary N) is 1. The van der Waals surface area contributed by atoms with Crippen molar-refractivity contribution in [3.05, 3.63) is 71.0 Å². The van der Waals surface area contributed by atoms with Crippen LogP contribution in [0.5, 0.6) is 0 Å². The fraction of sp³-hybridized carbons (Fsp3) is 0.318. The van der Waals surface area contributed by atoms with Crippen LogP contribution in [0.2, 0.25) is 0 Å². The third kappa shape index (κ3) is 4.19. The Morgan fingerprint density at radius 2 is 1.66 bits per heavy atom. The highest BCUT2D eigenvalue weighted by molar-refractivity contribution is 6.21. The third-order valence-corrected chi connectivity index (χ3v) is 5.18. The highest BCUT2D eigenvalue weighted by Crippen LogP contribution is 2.26. The van der Waals surface area contributed by atoms with E-state index in [-0.39, 0.29) is 37.2 Å². The summed E-state index contributed by atoms with van der Waals surface area (Å²) in [5, 5.41) is 2.75. The van der Waals surface area contributed by atoms with Crippen LogP contribution in [0.3, 0.4) is 0 Å². The fourth-order valence-corrected chi connectivity index (χ4v) is 3.36. The van der Waals surface area contributed by atoms with Gasteiger partial charge in [0.05, 0.1) is 17.7 Å². The zero-order valence-electron chi connectivity index (χ0n) is 16.4. The van der Waals surface area contributed by atoms with E-state index < -0.39 is 11.4 Å². The number of benzene rings is 2. The predicted octanol–water partition coefficient (Wildman–Crippen LogP) is 2.88. The maximum Gasteiger partial charge on any atom is 0.261 e. The van der Waals surface area contributed by atoms with Crippen molar-refractivity contribution in [2.75, 3.05) is 20.2 Å². The molecule has 6 nitrogen and oxygen atoms in total. The Kier molecular flexibility index (Phi) is 6.08. The van der Waals surface area contributed by atoms with E-state index in [9.17, 15) is 18.8 Å². The summed E-state index contributed by atoms with van der Waals surface area (Å²) in [6.45, 7) is 1.95. The van der Waals surface area contributed by atoms with E-state index in [1.54, 1.807) is 49.4 Å². The van der Waals surface area contributed by atoms with Crippen LogP contribution >= 0.6 is 0 Å². The lowest BCUT2D eigenvalue weighted by molar-refractivity contribution is -0.122. The molecule has 0 bridgehead atoms. The first-order valence-electron chi connectivity index (χ1n) is 9.39. The van der Waals surface area contributed by atoms with Crippen LogP contribution in [0.1, 0.15) is 46.0 Å². The first-order chi connectivity index (χ1) is 13.9. The van der Waals surface area contributed by atoms with Gasteiger partial charge in [0.2, 0.25) is 5.91 Å². The molecule has 1 atom stereocenters. The van der Waals surface area contributed by atoms with Gasteiger partial charge in [-0.15, -0.1) is 0 Å². The van der Waals surface area contributed by atoms with E-state index in [0.29, 0.717) is 23.1 Å². The van der Waals surface area contributed by atoms with E-state index >= 15 is 0 Å². The summed E-state index contributed by atoms with van der Waals surface area (Å²) in [6, 6.07) is 12.9. The molecule has 152 valence electrons. The van der Waals surface area contributed by atoms with Crippen LogP contribution in [0.4, 0.5) is 4.39 Å². The van der Waals surface area contributed by atoms with Gasteiger partial charge in [0, 0.05) is 25.6 Å². The zero-order valence-corrected chi connectivity index (χ0v) is 16.4. The van der Waals surface area contributed by atoms with Crippen molar-refractivity contribution in [2.24, 2.45) is 0 Å². The van der Waals surface area contributed by atoms with Crippen molar-refractivity contribution in [2.45, 2.75) is 25.4 Å². The normalized spacial score (nSPS) is 15.2. The number of amides is 3. The molecule has 0 radical (unpaired) electrons. The Morgan fingerprint density at radius 3 is 2.24 bits per heavy atom.